The molecule has 2 atom stereocenters. The van der Waals surface area contributed by atoms with Crippen molar-refractivity contribution in [1.82, 2.24) is 9.62 Å². The van der Waals surface area contributed by atoms with E-state index in [9.17, 15) is 22.7 Å². The molecule has 0 aliphatic rings. The number of aryl methyl sites for hydroxylation is 1. The second-order valence-corrected chi connectivity index (χ2v) is 12.4. The van der Waals surface area contributed by atoms with Gasteiger partial charge in [-0.3, -0.25) is 4.79 Å². The number of aliphatic hydroxyl groups excluding tert-OH is 1. The fourth-order valence-electron chi connectivity index (χ4n) is 4.34. The standard InChI is InChI=1S/C30H31FN2O4S2/c1-21-9-6-13-25(17-21)39(36,37)33(19-24-12-8-16-38-24)20-29(34)28(18-23-10-4-3-5-11-23)32-30(35)26-14-7-15-27(31)22(26)2/h3-17,28-29,34H,18-20H2,1-2H3,(H,32,35)/t28-,29+/m0/s1. The third kappa shape index (κ3) is 7.19. The number of hydrogen-bond acceptors (Lipinski definition) is 5. The van der Waals surface area contributed by atoms with Crippen LogP contribution in [0.3, 0.4) is 0 Å². The minimum atomic E-state index is -3.98. The van der Waals surface area contributed by atoms with Crippen LogP contribution in [0.4, 0.5) is 4.39 Å². The first kappa shape index (κ1) is 28.6. The number of hydrogen-bond donors (Lipinski definition) is 2. The quantitative estimate of drug-likeness (QED) is 0.265. The molecule has 3 aromatic carbocycles. The maximum Gasteiger partial charge on any atom is 0.251 e. The minimum absolute atomic E-state index is 0.0695. The van der Waals surface area contributed by atoms with E-state index in [1.165, 1.54) is 46.8 Å². The predicted octanol–water partition coefficient (Wildman–Crippen LogP) is 5.10. The van der Waals surface area contributed by atoms with Crippen LogP contribution in [0.5, 0.6) is 0 Å². The van der Waals surface area contributed by atoms with Crippen LogP contribution in [0.25, 0.3) is 0 Å². The van der Waals surface area contributed by atoms with E-state index in [2.05, 4.69) is 5.32 Å². The highest BCUT2D eigenvalue weighted by Gasteiger charge is 2.31. The molecule has 0 radical (unpaired) electrons. The number of amides is 1. The van der Waals surface area contributed by atoms with Crippen molar-refractivity contribution in [1.29, 1.82) is 0 Å². The Balaban J connectivity index is 1.65. The van der Waals surface area contributed by atoms with Crippen LogP contribution in [0.2, 0.25) is 0 Å². The van der Waals surface area contributed by atoms with Crippen molar-refractivity contribution < 1.29 is 22.7 Å². The number of nitrogens with one attached hydrogen (secondary N) is 1. The summed E-state index contributed by atoms with van der Waals surface area (Å²) >= 11 is 1.42. The lowest BCUT2D eigenvalue weighted by Gasteiger charge is -2.30. The third-order valence-electron chi connectivity index (χ3n) is 6.52. The molecule has 0 aliphatic heterocycles. The fraction of sp³-hybridized carbons (Fsp3) is 0.233. The Hall–Kier alpha value is -3.37. The van der Waals surface area contributed by atoms with E-state index in [1.807, 2.05) is 60.8 Å². The number of rotatable bonds is 11. The van der Waals surface area contributed by atoms with Gasteiger partial charge in [-0.15, -0.1) is 11.3 Å². The summed E-state index contributed by atoms with van der Waals surface area (Å²) in [5.74, 6) is -1.05. The predicted molar refractivity (Wildman–Crippen MR) is 152 cm³/mol. The van der Waals surface area contributed by atoms with Gasteiger partial charge in [0.2, 0.25) is 10.0 Å². The molecule has 2 N–H and O–H groups in total. The summed E-state index contributed by atoms with van der Waals surface area (Å²) in [6, 6.07) is 23.0. The zero-order chi connectivity index (χ0) is 28.0. The molecular weight excluding hydrogens is 535 g/mol. The van der Waals surface area contributed by atoms with E-state index in [1.54, 1.807) is 12.1 Å². The van der Waals surface area contributed by atoms with Gasteiger partial charge >= 0.3 is 0 Å². The molecule has 9 heteroatoms. The monoisotopic (exact) mass is 566 g/mol. The Morgan fingerprint density at radius 1 is 1.00 bits per heavy atom. The molecule has 1 aromatic heterocycles. The molecule has 4 rings (SSSR count). The van der Waals surface area contributed by atoms with E-state index in [0.717, 1.165) is 16.0 Å². The van der Waals surface area contributed by atoms with Crippen molar-refractivity contribution in [2.75, 3.05) is 6.54 Å². The zero-order valence-corrected chi connectivity index (χ0v) is 23.4. The summed E-state index contributed by atoms with van der Waals surface area (Å²) in [5.41, 5.74) is 2.00. The van der Waals surface area contributed by atoms with Gasteiger partial charge in [0, 0.05) is 23.5 Å². The molecule has 4 aromatic rings. The molecule has 204 valence electrons. The topological polar surface area (TPSA) is 86.7 Å². The molecule has 0 fully saturated rings. The van der Waals surface area contributed by atoms with Gasteiger partial charge in [0.1, 0.15) is 5.82 Å². The Morgan fingerprint density at radius 3 is 2.44 bits per heavy atom. The van der Waals surface area contributed by atoms with Crippen LogP contribution in [-0.4, -0.2) is 42.4 Å². The zero-order valence-electron chi connectivity index (χ0n) is 21.7. The number of halogens is 1. The summed E-state index contributed by atoms with van der Waals surface area (Å²) in [7, 11) is -3.98. The van der Waals surface area contributed by atoms with Crippen molar-refractivity contribution in [3.63, 3.8) is 0 Å². The molecule has 0 aliphatic carbocycles. The van der Waals surface area contributed by atoms with Crippen molar-refractivity contribution in [3.05, 3.63) is 123 Å². The van der Waals surface area contributed by atoms with Gasteiger partial charge in [-0.2, -0.15) is 4.31 Å². The summed E-state index contributed by atoms with van der Waals surface area (Å²) in [6.07, 6.45) is -1.01. The Morgan fingerprint density at radius 2 is 1.74 bits per heavy atom. The number of sulfonamides is 1. The number of thiophene rings is 1. The maximum absolute atomic E-state index is 14.2. The molecule has 0 bridgehead atoms. The molecule has 0 saturated carbocycles. The van der Waals surface area contributed by atoms with E-state index < -0.39 is 33.9 Å². The first-order chi connectivity index (χ1) is 18.6. The van der Waals surface area contributed by atoms with Crippen molar-refractivity contribution >= 4 is 27.3 Å². The largest absolute Gasteiger partial charge is 0.390 e. The molecule has 6 nitrogen and oxygen atoms in total. The van der Waals surface area contributed by atoms with Gasteiger partial charge < -0.3 is 10.4 Å². The second kappa shape index (κ2) is 12.7. The van der Waals surface area contributed by atoms with E-state index in [0.29, 0.717) is 0 Å². The van der Waals surface area contributed by atoms with Gasteiger partial charge in [0.15, 0.2) is 0 Å². The average Bonchev–Trinajstić information content (AvgIpc) is 3.43. The lowest BCUT2D eigenvalue weighted by atomic mass is 9.99. The summed E-state index contributed by atoms with van der Waals surface area (Å²) in [4.78, 5) is 14.1. The van der Waals surface area contributed by atoms with E-state index >= 15 is 0 Å². The normalized spacial score (nSPS) is 13.3. The lowest BCUT2D eigenvalue weighted by molar-refractivity contribution is 0.0778. The number of nitrogens with zero attached hydrogens (tertiary/aromatic N) is 1. The highest BCUT2D eigenvalue weighted by molar-refractivity contribution is 7.89. The van der Waals surface area contributed by atoms with Crippen LogP contribution in [0, 0.1) is 19.7 Å². The summed E-state index contributed by atoms with van der Waals surface area (Å²) < 4.78 is 42.9. The first-order valence-corrected chi connectivity index (χ1v) is 14.8. The van der Waals surface area contributed by atoms with Crippen molar-refractivity contribution in [2.45, 2.75) is 43.9 Å². The number of benzene rings is 3. The molecule has 39 heavy (non-hydrogen) atoms. The van der Waals surface area contributed by atoms with E-state index in [4.69, 9.17) is 0 Å². The summed E-state index contributed by atoms with van der Waals surface area (Å²) in [5, 5.41) is 16.2. The highest BCUT2D eigenvalue weighted by Crippen LogP contribution is 2.23. The average molecular weight is 567 g/mol. The SMILES string of the molecule is Cc1cccc(S(=O)(=O)N(Cc2cccs2)C[C@@H](O)[C@H](Cc2ccccc2)NC(=O)c2cccc(F)c2C)c1. The third-order valence-corrected chi connectivity index (χ3v) is 9.19. The molecule has 1 heterocycles. The lowest BCUT2D eigenvalue weighted by Crippen LogP contribution is -2.50. The van der Waals surface area contributed by atoms with Gasteiger partial charge in [-0.25, -0.2) is 12.8 Å². The molecule has 0 saturated heterocycles. The smallest absolute Gasteiger partial charge is 0.251 e. The first-order valence-electron chi connectivity index (χ1n) is 12.5. The minimum Gasteiger partial charge on any atom is -0.390 e. The fourth-order valence-corrected chi connectivity index (χ4v) is 6.68. The van der Waals surface area contributed by atoms with Gasteiger partial charge in [-0.05, 0) is 72.7 Å². The van der Waals surface area contributed by atoms with Crippen LogP contribution < -0.4 is 5.32 Å². The maximum atomic E-state index is 14.2. The van der Waals surface area contributed by atoms with Crippen LogP contribution in [0.15, 0.2) is 95.2 Å². The summed E-state index contributed by atoms with van der Waals surface area (Å²) in [6.45, 7) is 3.15. The Bertz CT molecular complexity index is 1510. The van der Waals surface area contributed by atoms with Crippen LogP contribution >= 0.6 is 11.3 Å². The second-order valence-electron chi connectivity index (χ2n) is 9.44. The van der Waals surface area contributed by atoms with E-state index in [-0.39, 0.29) is 35.5 Å². The Labute approximate surface area is 232 Å². The number of carbonyl (C=O) groups excluding carboxylic acids is 1. The van der Waals surface area contributed by atoms with Crippen molar-refractivity contribution in [2.24, 2.45) is 0 Å². The molecule has 1 amide bonds. The van der Waals surface area contributed by atoms with Crippen LogP contribution in [-0.2, 0) is 23.0 Å². The highest BCUT2D eigenvalue weighted by atomic mass is 32.2. The molecular formula is C30H31FN2O4S2. The van der Waals surface area contributed by atoms with Gasteiger partial charge in [0.05, 0.1) is 17.0 Å². The van der Waals surface area contributed by atoms with Gasteiger partial charge in [0.25, 0.3) is 5.91 Å². The molecule has 0 spiro atoms. The van der Waals surface area contributed by atoms with Crippen LogP contribution in [0.1, 0.15) is 31.9 Å². The molecule has 0 unspecified atom stereocenters. The number of carbonyl (C=O) groups is 1. The number of aliphatic hydroxyl groups is 1. The van der Waals surface area contributed by atoms with Crippen molar-refractivity contribution in [3.8, 4) is 0 Å². The van der Waals surface area contributed by atoms with Gasteiger partial charge in [-0.1, -0.05) is 54.6 Å². The Kier molecular flexibility index (Phi) is 9.29.